The number of nitrogens with one attached hydrogen (secondary N) is 1. The van der Waals surface area contributed by atoms with Crippen molar-refractivity contribution in [1.82, 2.24) is 5.32 Å². The zero-order chi connectivity index (χ0) is 17.5. The highest BCUT2D eigenvalue weighted by molar-refractivity contribution is 5.80. The van der Waals surface area contributed by atoms with Gasteiger partial charge in [0, 0.05) is 13.0 Å². The summed E-state index contributed by atoms with van der Waals surface area (Å²) in [7, 11) is 0. The highest BCUT2D eigenvalue weighted by atomic mass is 16.5. The van der Waals surface area contributed by atoms with Crippen LogP contribution in [0.3, 0.4) is 0 Å². The lowest BCUT2D eigenvalue weighted by Gasteiger charge is -2.21. The van der Waals surface area contributed by atoms with E-state index in [-0.39, 0.29) is 17.7 Å². The molecule has 0 aliphatic carbocycles. The Kier molecular flexibility index (Phi) is 7.07. The van der Waals surface area contributed by atoms with Crippen LogP contribution in [0.4, 0.5) is 0 Å². The minimum atomic E-state index is -0.813. The Morgan fingerprint density at radius 3 is 2.57 bits per heavy atom. The molecule has 1 aromatic rings. The highest BCUT2D eigenvalue weighted by Crippen LogP contribution is 2.26. The first-order valence-corrected chi connectivity index (χ1v) is 7.97. The lowest BCUT2D eigenvalue weighted by molar-refractivity contribution is -0.137. The fourth-order valence-electron chi connectivity index (χ4n) is 2.05. The minimum Gasteiger partial charge on any atom is -0.481 e. The molecule has 0 fully saturated rings. The number of ether oxygens (including phenoxy) is 1. The van der Waals surface area contributed by atoms with E-state index in [9.17, 15) is 9.59 Å². The van der Waals surface area contributed by atoms with Gasteiger partial charge < -0.3 is 15.2 Å². The van der Waals surface area contributed by atoms with E-state index in [0.717, 1.165) is 5.56 Å². The molecular formula is C18H27NO4. The Hall–Kier alpha value is -2.04. The average Bonchev–Trinajstić information content (AvgIpc) is 2.45. The number of carboxylic acid groups (broad SMARTS) is 1. The quantitative estimate of drug-likeness (QED) is 0.721. The van der Waals surface area contributed by atoms with Gasteiger partial charge >= 0.3 is 5.97 Å². The summed E-state index contributed by atoms with van der Waals surface area (Å²) in [6, 6.07) is 7.76. The molecule has 1 atom stereocenters. The fraction of sp³-hybridized carbons (Fsp3) is 0.556. The maximum absolute atomic E-state index is 12.0. The molecule has 0 radical (unpaired) electrons. The molecule has 1 rings (SSSR count). The predicted molar refractivity (Wildman–Crippen MR) is 89.7 cm³/mol. The highest BCUT2D eigenvalue weighted by Gasteiger charge is 2.17. The molecular weight excluding hydrogens is 294 g/mol. The molecule has 1 amide bonds. The molecule has 1 aromatic carbocycles. The van der Waals surface area contributed by atoms with Gasteiger partial charge in [0.2, 0.25) is 0 Å². The van der Waals surface area contributed by atoms with Gasteiger partial charge in [-0.15, -0.1) is 0 Å². The Balaban J connectivity index is 2.44. The first-order chi connectivity index (χ1) is 10.7. The number of benzene rings is 1. The van der Waals surface area contributed by atoms with E-state index in [1.807, 2.05) is 24.3 Å². The van der Waals surface area contributed by atoms with Crippen LogP contribution in [0.1, 0.15) is 52.5 Å². The van der Waals surface area contributed by atoms with E-state index in [1.165, 1.54) is 0 Å². The van der Waals surface area contributed by atoms with Crippen molar-refractivity contribution in [2.24, 2.45) is 0 Å². The number of hydrogen-bond donors (Lipinski definition) is 2. The summed E-state index contributed by atoms with van der Waals surface area (Å²) in [5.74, 6) is -0.334. The van der Waals surface area contributed by atoms with Crippen LogP contribution in [0.5, 0.6) is 5.75 Å². The van der Waals surface area contributed by atoms with Crippen LogP contribution in [0, 0.1) is 0 Å². The number of carbonyl (C=O) groups excluding carboxylic acids is 1. The van der Waals surface area contributed by atoms with Crippen LogP contribution >= 0.6 is 0 Å². The summed E-state index contributed by atoms with van der Waals surface area (Å²) in [4.78, 5) is 22.4. The number of hydrogen-bond acceptors (Lipinski definition) is 3. The van der Waals surface area contributed by atoms with Gasteiger partial charge in [0.15, 0.2) is 6.10 Å². The first kappa shape index (κ1) is 19.0. The summed E-state index contributed by atoms with van der Waals surface area (Å²) in [6.45, 7) is 8.54. The number of rotatable bonds is 8. The molecule has 128 valence electrons. The minimum absolute atomic E-state index is 0.0228. The van der Waals surface area contributed by atoms with Crippen molar-refractivity contribution < 1.29 is 19.4 Å². The summed E-state index contributed by atoms with van der Waals surface area (Å²) in [5.41, 5.74) is 1.17. The van der Waals surface area contributed by atoms with Crippen LogP contribution in [0.2, 0.25) is 0 Å². The maximum Gasteiger partial charge on any atom is 0.303 e. The fourth-order valence-corrected chi connectivity index (χ4v) is 2.05. The zero-order valence-corrected chi connectivity index (χ0v) is 14.4. The number of carboxylic acids is 1. The van der Waals surface area contributed by atoms with E-state index >= 15 is 0 Å². The summed E-state index contributed by atoms with van der Waals surface area (Å²) >= 11 is 0. The second-order valence-electron chi connectivity index (χ2n) is 6.68. The van der Waals surface area contributed by atoms with E-state index in [2.05, 4.69) is 26.1 Å². The SMILES string of the molecule is CC(Oc1cccc(C(C)(C)C)c1)C(=O)NCCCCC(=O)O. The van der Waals surface area contributed by atoms with Gasteiger partial charge in [-0.2, -0.15) is 0 Å². The molecule has 0 bridgehead atoms. The molecule has 0 saturated carbocycles. The number of unbranched alkanes of at least 4 members (excludes halogenated alkanes) is 1. The van der Waals surface area contributed by atoms with Gasteiger partial charge in [0.1, 0.15) is 5.75 Å². The van der Waals surface area contributed by atoms with Crippen molar-refractivity contribution in [3.63, 3.8) is 0 Å². The predicted octanol–water partition coefficient (Wildman–Crippen LogP) is 3.12. The number of aliphatic carboxylic acids is 1. The van der Waals surface area contributed by atoms with Gasteiger partial charge in [-0.3, -0.25) is 9.59 Å². The maximum atomic E-state index is 12.0. The third-order valence-corrected chi connectivity index (χ3v) is 3.50. The first-order valence-electron chi connectivity index (χ1n) is 7.97. The third-order valence-electron chi connectivity index (χ3n) is 3.50. The Morgan fingerprint density at radius 2 is 1.96 bits per heavy atom. The van der Waals surface area contributed by atoms with Gasteiger partial charge in [-0.1, -0.05) is 32.9 Å². The second kappa shape index (κ2) is 8.56. The van der Waals surface area contributed by atoms with Gasteiger partial charge in [0.25, 0.3) is 5.91 Å². The summed E-state index contributed by atoms with van der Waals surface area (Å²) in [6.07, 6.45) is 0.731. The number of carbonyl (C=O) groups is 2. The Labute approximate surface area is 138 Å². The third kappa shape index (κ3) is 7.17. The van der Waals surface area contributed by atoms with Crippen molar-refractivity contribution in [2.45, 2.75) is 58.5 Å². The van der Waals surface area contributed by atoms with Gasteiger partial charge in [-0.05, 0) is 42.9 Å². The summed E-state index contributed by atoms with van der Waals surface area (Å²) < 4.78 is 5.70. The van der Waals surface area contributed by atoms with E-state index in [0.29, 0.717) is 25.1 Å². The van der Waals surface area contributed by atoms with Crippen molar-refractivity contribution in [3.8, 4) is 5.75 Å². The Morgan fingerprint density at radius 1 is 1.26 bits per heavy atom. The molecule has 0 aliphatic rings. The van der Waals surface area contributed by atoms with Gasteiger partial charge in [-0.25, -0.2) is 0 Å². The normalized spacial score (nSPS) is 12.5. The Bertz CT molecular complexity index is 534. The van der Waals surface area contributed by atoms with Gasteiger partial charge in [0.05, 0.1) is 0 Å². The van der Waals surface area contributed by atoms with Crippen LogP contribution in [-0.2, 0) is 15.0 Å². The molecule has 1 unspecified atom stereocenters. The molecule has 0 aliphatic heterocycles. The standard InChI is InChI=1S/C18H27NO4/c1-13(17(22)19-11-6-5-10-16(20)21)23-15-9-7-8-14(12-15)18(2,3)4/h7-9,12-13H,5-6,10-11H2,1-4H3,(H,19,22)(H,20,21). The largest absolute Gasteiger partial charge is 0.481 e. The molecule has 0 spiro atoms. The molecule has 0 heterocycles. The lowest BCUT2D eigenvalue weighted by Crippen LogP contribution is -2.36. The van der Waals surface area contributed by atoms with Crippen LogP contribution in [0.15, 0.2) is 24.3 Å². The van der Waals surface area contributed by atoms with E-state index in [4.69, 9.17) is 9.84 Å². The van der Waals surface area contributed by atoms with E-state index in [1.54, 1.807) is 6.92 Å². The molecule has 0 saturated heterocycles. The number of amides is 1. The lowest BCUT2D eigenvalue weighted by atomic mass is 9.87. The van der Waals surface area contributed by atoms with Crippen molar-refractivity contribution in [3.05, 3.63) is 29.8 Å². The topological polar surface area (TPSA) is 75.6 Å². The van der Waals surface area contributed by atoms with Crippen LogP contribution in [-0.4, -0.2) is 29.6 Å². The van der Waals surface area contributed by atoms with Crippen molar-refractivity contribution in [1.29, 1.82) is 0 Å². The zero-order valence-electron chi connectivity index (χ0n) is 14.4. The molecule has 5 heteroatoms. The smallest absolute Gasteiger partial charge is 0.303 e. The molecule has 23 heavy (non-hydrogen) atoms. The molecule has 2 N–H and O–H groups in total. The van der Waals surface area contributed by atoms with E-state index < -0.39 is 12.1 Å². The summed E-state index contributed by atoms with van der Waals surface area (Å²) in [5, 5.41) is 11.3. The van der Waals surface area contributed by atoms with Crippen molar-refractivity contribution >= 4 is 11.9 Å². The molecule has 0 aromatic heterocycles. The monoisotopic (exact) mass is 321 g/mol. The average molecular weight is 321 g/mol. The van der Waals surface area contributed by atoms with Crippen molar-refractivity contribution in [2.75, 3.05) is 6.54 Å². The second-order valence-corrected chi connectivity index (χ2v) is 6.68. The molecule has 5 nitrogen and oxygen atoms in total. The van der Waals surface area contributed by atoms with Crippen LogP contribution < -0.4 is 10.1 Å². The van der Waals surface area contributed by atoms with Crippen LogP contribution in [0.25, 0.3) is 0 Å².